The lowest BCUT2D eigenvalue weighted by atomic mass is 10.5. The van der Waals surface area contributed by atoms with Crippen molar-refractivity contribution >= 4 is 12.3 Å². The number of hydrogen-bond acceptors (Lipinski definition) is 3. The van der Waals surface area contributed by atoms with E-state index in [-0.39, 0.29) is 19.7 Å². The van der Waals surface area contributed by atoms with Gasteiger partial charge in [-0.05, 0) is 6.08 Å². The third kappa shape index (κ3) is 3.23. The first-order valence-electron chi connectivity index (χ1n) is 4.00. The van der Waals surface area contributed by atoms with Crippen LogP contribution in [0.25, 0.3) is 0 Å². The van der Waals surface area contributed by atoms with Crippen molar-refractivity contribution in [2.24, 2.45) is 4.99 Å². The Morgan fingerprint density at radius 2 is 2.54 bits per heavy atom. The molecule has 1 heterocycles. The largest absolute Gasteiger partial charge is 0.449 e. The number of ether oxygens (including phenoxy) is 1. The van der Waals surface area contributed by atoms with Crippen LogP contribution in [-0.2, 0) is 4.74 Å². The van der Waals surface area contributed by atoms with Crippen LogP contribution in [0.2, 0.25) is 0 Å². The van der Waals surface area contributed by atoms with Crippen LogP contribution in [0.1, 0.15) is 6.42 Å². The topological polar surface area (TPSA) is 41.9 Å². The Labute approximate surface area is 75.7 Å². The molecule has 0 aromatic carbocycles. The van der Waals surface area contributed by atoms with Gasteiger partial charge in [0.05, 0.1) is 13.3 Å². The fourth-order valence-corrected chi connectivity index (χ4v) is 0.801. The molecule has 1 aliphatic rings. The van der Waals surface area contributed by atoms with E-state index in [1.807, 2.05) is 0 Å². The summed E-state index contributed by atoms with van der Waals surface area (Å²) in [7, 11) is 0. The summed E-state index contributed by atoms with van der Waals surface area (Å²) in [5.41, 5.74) is 0. The minimum atomic E-state index is -0.485. The van der Waals surface area contributed by atoms with Gasteiger partial charge in [-0.2, -0.15) is 0 Å². The molecule has 0 unspecified atom stereocenters. The lowest BCUT2D eigenvalue weighted by molar-refractivity contribution is 0.114. The summed E-state index contributed by atoms with van der Waals surface area (Å²) in [6.07, 6.45) is 4.57. The molecule has 0 fully saturated rings. The highest BCUT2D eigenvalue weighted by atomic mass is 19.1. The smallest absolute Gasteiger partial charge is 0.415 e. The Morgan fingerprint density at radius 3 is 3.15 bits per heavy atom. The van der Waals surface area contributed by atoms with Gasteiger partial charge in [0, 0.05) is 18.8 Å². The minimum absolute atomic E-state index is 0.114. The highest BCUT2D eigenvalue weighted by Gasteiger charge is 2.11. The second-order valence-corrected chi connectivity index (χ2v) is 2.44. The Morgan fingerprint density at radius 1 is 1.69 bits per heavy atom. The number of alkyl halides is 1. The van der Waals surface area contributed by atoms with Crippen molar-refractivity contribution in [3.63, 3.8) is 0 Å². The number of rotatable bonds is 3. The van der Waals surface area contributed by atoms with E-state index in [4.69, 9.17) is 4.74 Å². The van der Waals surface area contributed by atoms with Gasteiger partial charge in [0.1, 0.15) is 6.67 Å². The van der Waals surface area contributed by atoms with E-state index >= 15 is 0 Å². The van der Waals surface area contributed by atoms with E-state index in [1.54, 1.807) is 18.5 Å². The normalized spacial score (nSPS) is 14.7. The maximum Gasteiger partial charge on any atom is 0.415 e. The summed E-state index contributed by atoms with van der Waals surface area (Å²) < 4.78 is 16.4. The third-order valence-electron chi connectivity index (χ3n) is 1.43. The van der Waals surface area contributed by atoms with E-state index in [2.05, 4.69) is 4.99 Å². The van der Waals surface area contributed by atoms with Gasteiger partial charge in [-0.15, -0.1) is 0 Å². The zero-order chi connectivity index (χ0) is 9.52. The number of halogens is 1. The van der Waals surface area contributed by atoms with Gasteiger partial charge in [-0.3, -0.25) is 14.3 Å². The number of carbonyl (C=O) groups is 1. The number of nitrogens with zero attached hydrogens (tertiary/aromatic N) is 2. The molecule has 5 heteroatoms. The van der Waals surface area contributed by atoms with Crippen molar-refractivity contribution in [2.45, 2.75) is 6.42 Å². The molecule has 0 saturated carbocycles. The number of carbonyl (C=O) groups excluding carboxylic acids is 1. The molecule has 0 aromatic rings. The zero-order valence-corrected chi connectivity index (χ0v) is 7.15. The van der Waals surface area contributed by atoms with Gasteiger partial charge in [0.25, 0.3) is 0 Å². The Hall–Kier alpha value is -1.39. The van der Waals surface area contributed by atoms with Crippen LogP contribution in [0.3, 0.4) is 0 Å². The number of aliphatic imine (C=N–C) groups is 1. The van der Waals surface area contributed by atoms with E-state index in [9.17, 15) is 9.18 Å². The summed E-state index contributed by atoms with van der Waals surface area (Å²) >= 11 is 0. The molecule has 0 spiro atoms. The molecular weight excluding hydrogens is 175 g/mol. The monoisotopic (exact) mass is 186 g/mol. The number of hydrogen-bond donors (Lipinski definition) is 0. The molecule has 4 nitrogen and oxygen atoms in total. The molecule has 0 radical (unpaired) electrons. The third-order valence-corrected chi connectivity index (χ3v) is 1.43. The molecule has 0 saturated heterocycles. The van der Waals surface area contributed by atoms with Gasteiger partial charge in [-0.25, -0.2) is 4.79 Å². The molecule has 1 amide bonds. The molecule has 0 atom stereocenters. The van der Waals surface area contributed by atoms with E-state index in [0.717, 1.165) is 0 Å². The molecule has 0 bridgehead atoms. The van der Waals surface area contributed by atoms with E-state index < -0.39 is 12.8 Å². The van der Waals surface area contributed by atoms with Crippen LogP contribution < -0.4 is 0 Å². The first-order valence-corrected chi connectivity index (χ1v) is 4.00. The summed E-state index contributed by atoms with van der Waals surface area (Å²) in [6.45, 7) is -0.0877. The maximum atomic E-state index is 11.6. The first-order chi connectivity index (χ1) is 6.34. The minimum Gasteiger partial charge on any atom is -0.449 e. The first kappa shape index (κ1) is 9.70. The van der Waals surface area contributed by atoms with Gasteiger partial charge in [-0.1, -0.05) is 0 Å². The summed E-state index contributed by atoms with van der Waals surface area (Å²) in [6, 6.07) is 0. The van der Waals surface area contributed by atoms with Gasteiger partial charge < -0.3 is 4.74 Å². The van der Waals surface area contributed by atoms with Crippen molar-refractivity contribution in [3.05, 3.63) is 12.3 Å². The number of amides is 1. The predicted octanol–water partition coefficient (Wildman–Crippen LogP) is 1.34. The van der Waals surface area contributed by atoms with E-state index in [1.165, 1.54) is 4.90 Å². The van der Waals surface area contributed by atoms with Crippen LogP contribution in [0, 0.1) is 0 Å². The Bertz CT molecular complexity index is 228. The van der Waals surface area contributed by atoms with Crippen LogP contribution in [0.4, 0.5) is 9.18 Å². The standard InChI is InChI=1S/C8H11FN2O2/c9-3-1-6-13-8(12)11-5-2-4-10-7-11/h2,4-5H,1,3,6-7H2. The molecule has 13 heavy (non-hydrogen) atoms. The predicted molar refractivity (Wildman–Crippen MR) is 46.3 cm³/mol. The Kier molecular flexibility index (Phi) is 3.95. The van der Waals surface area contributed by atoms with E-state index in [0.29, 0.717) is 0 Å². The quantitative estimate of drug-likeness (QED) is 0.624. The summed E-state index contributed by atoms with van der Waals surface area (Å²) in [4.78, 5) is 16.3. The number of allylic oxidation sites excluding steroid dienone is 1. The average molecular weight is 186 g/mol. The van der Waals surface area contributed by atoms with Crippen molar-refractivity contribution < 1.29 is 13.9 Å². The van der Waals surface area contributed by atoms with Crippen LogP contribution in [0.5, 0.6) is 0 Å². The molecule has 72 valence electrons. The summed E-state index contributed by atoms with van der Waals surface area (Å²) in [5, 5.41) is 0. The van der Waals surface area contributed by atoms with Crippen LogP contribution >= 0.6 is 0 Å². The molecular formula is C8H11FN2O2. The molecule has 1 aliphatic heterocycles. The fraction of sp³-hybridized carbons (Fsp3) is 0.500. The lowest BCUT2D eigenvalue weighted by Crippen LogP contribution is -2.28. The molecule has 0 N–H and O–H groups in total. The second-order valence-electron chi connectivity index (χ2n) is 2.44. The van der Waals surface area contributed by atoms with Crippen molar-refractivity contribution in [2.75, 3.05) is 20.0 Å². The van der Waals surface area contributed by atoms with Gasteiger partial charge >= 0.3 is 6.09 Å². The van der Waals surface area contributed by atoms with Crippen LogP contribution in [0.15, 0.2) is 17.3 Å². The van der Waals surface area contributed by atoms with Crippen molar-refractivity contribution in [1.82, 2.24) is 4.90 Å². The maximum absolute atomic E-state index is 11.6. The highest BCUT2D eigenvalue weighted by molar-refractivity contribution is 5.76. The summed E-state index contributed by atoms with van der Waals surface area (Å²) in [5.74, 6) is 0. The second kappa shape index (κ2) is 5.29. The lowest BCUT2D eigenvalue weighted by Gasteiger charge is -2.16. The van der Waals surface area contributed by atoms with Gasteiger partial charge in [0.15, 0.2) is 0 Å². The van der Waals surface area contributed by atoms with Crippen LogP contribution in [-0.4, -0.2) is 37.2 Å². The fourth-order valence-electron chi connectivity index (χ4n) is 0.801. The van der Waals surface area contributed by atoms with Crippen molar-refractivity contribution in [1.29, 1.82) is 0 Å². The molecule has 0 aromatic heterocycles. The molecule has 0 aliphatic carbocycles. The highest BCUT2D eigenvalue weighted by Crippen LogP contribution is 1.99. The SMILES string of the molecule is O=C(OCCCF)N1C=CC=NC1. The zero-order valence-electron chi connectivity index (χ0n) is 7.15. The average Bonchev–Trinajstić information content (AvgIpc) is 2.19. The van der Waals surface area contributed by atoms with Crippen molar-refractivity contribution in [3.8, 4) is 0 Å². The Balaban J connectivity index is 2.23. The van der Waals surface area contributed by atoms with Gasteiger partial charge in [0.2, 0.25) is 0 Å². The molecule has 1 rings (SSSR count).